The van der Waals surface area contributed by atoms with Crippen LogP contribution < -0.4 is 10.0 Å². The van der Waals surface area contributed by atoms with Crippen molar-refractivity contribution < 1.29 is 13.2 Å². The molecule has 1 aromatic carbocycles. The molecule has 2 amide bonds. The van der Waals surface area contributed by atoms with E-state index in [0.29, 0.717) is 5.69 Å². The molecule has 2 aliphatic carbocycles. The van der Waals surface area contributed by atoms with Crippen LogP contribution in [-0.2, 0) is 35.7 Å². The zero-order chi connectivity index (χ0) is 20.1. The number of anilines is 1. The summed E-state index contributed by atoms with van der Waals surface area (Å²) in [5, 5.41) is 7.09. The van der Waals surface area contributed by atoms with Crippen molar-refractivity contribution in [3.05, 3.63) is 40.2 Å². The lowest BCUT2D eigenvalue weighted by atomic mass is 9.99. The number of hydrogen-bond donors (Lipinski definition) is 2. The van der Waals surface area contributed by atoms with Crippen LogP contribution in [0.15, 0.2) is 17.2 Å². The Hall–Kier alpha value is -2.35. The molecule has 1 heterocycles. The van der Waals surface area contributed by atoms with Crippen molar-refractivity contribution in [3.8, 4) is 0 Å². The third kappa shape index (κ3) is 3.30. The van der Waals surface area contributed by atoms with E-state index in [1.165, 1.54) is 17.3 Å². The Bertz CT molecular complexity index is 1020. The van der Waals surface area contributed by atoms with Crippen molar-refractivity contribution >= 4 is 21.7 Å². The molecule has 0 radical (unpaired) electrons. The van der Waals surface area contributed by atoms with Gasteiger partial charge >= 0.3 is 6.03 Å². The van der Waals surface area contributed by atoms with Crippen molar-refractivity contribution in [1.29, 1.82) is 0 Å². The van der Waals surface area contributed by atoms with E-state index in [4.69, 9.17) is 0 Å². The number of carbonyl (C=O) groups is 1. The summed E-state index contributed by atoms with van der Waals surface area (Å²) in [4.78, 5) is 12.7. The predicted octanol–water partition coefficient (Wildman–Crippen LogP) is 3.26. The summed E-state index contributed by atoms with van der Waals surface area (Å²) in [7, 11) is -4.00. The SMILES string of the molecule is Cc1nn(C(C)C)cc1S(=O)(=O)NC(=O)Nc1c2c(cc3c1CCC3)CCC2. The lowest BCUT2D eigenvalue weighted by Crippen LogP contribution is -2.35. The van der Waals surface area contributed by atoms with Crippen LogP contribution in [-0.4, -0.2) is 24.2 Å². The Balaban J connectivity index is 1.59. The van der Waals surface area contributed by atoms with Gasteiger partial charge in [-0.05, 0) is 81.5 Å². The van der Waals surface area contributed by atoms with Crippen LogP contribution in [0, 0.1) is 6.92 Å². The van der Waals surface area contributed by atoms with Crippen molar-refractivity contribution in [1.82, 2.24) is 14.5 Å². The molecular weight excluding hydrogens is 376 g/mol. The first-order chi connectivity index (χ1) is 13.3. The van der Waals surface area contributed by atoms with Crippen molar-refractivity contribution in [3.63, 3.8) is 0 Å². The number of rotatable bonds is 4. The molecule has 1 aromatic heterocycles. The molecule has 28 heavy (non-hydrogen) atoms. The Morgan fingerprint density at radius 3 is 2.25 bits per heavy atom. The van der Waals surface area contributed by atoms with Crippen LogP contribution in [0.5, 0.6) is 0 Å². The third-order valence-electron chi connectivity index (χ3n) is 5.63. The topological polar surface area (TPSA) is 93.1 Å². The highest BCUT2D eigenvalue weighted by molar-refractivity contribution is 7.90. The van der Waals surface area contributed by atoms with Gasteiger partial charge in [-0.1, -0.05) is 6.07 Å². The average Bonchev–Trinajstić information content (AvgIpc) is 3.32. The number of carbonyl (C=O) groups excluding carboxylic acids is 1. The number of hydrogen-bond acceptors (Lipinski definition) is 4. The van der Waals surface area contributed by atoms with Crippen LogP contribution in [0.1, 0.15) is 60.7 Å². The van der Waals surface area contributed by atoms with Crippen LogP contribution in [0.4, 0.5) is 10.5 Å². The number of fused-ring (bicyclic) bond motifs is 2. The maximum absolute atomic E-state index is 12.7. The Morgan fingerprint density at radius 2 is 1.71 bits per heavy atom. The van der Waals surface area contributed by atoms with E-state index < -0.39 is 16.1 Å². The van der Waals surface area contributed by atoms with Gasteiger partial charge < -0.3 is 5.32 Å². The van der Waals surface area contributed by atoms with E-state index in [9.17, 15) is 13.2 Å². The van der Waals surface area contributed by atoms with Crippen LogP contribution in [0.3, 0.4) is 0 Å². The second kappa shape index (κ2) is 6.92. The number of nitrogens with zero attached hydrogens (tertiary/aromatic N) is 2. The second-order valence-electron chi connectivity index (χ2n) is 7.95. The lowest BCUT2D eigenvalue weighted by Gasteiger charge is -2.16. The molecule has 0 aliphatic heterocycles. The maximum atomic E-state index is 12.7. The predicted molar refractivity (Wildman–Crippen MR) is 107 cm³/mol. The van der Waals surface area contributed by atoms with E-state index in [1.807, 2.05) is 13.8 Å². The fourth-order valence-electron chi connectivity index (χ4n) is 4.28. The van der Waals surface area contributed by atoms with Crippen molar-refractivity contribution in [2.24, 2.45) is 0 Å². The summed E-state index contributed by atoms with van der Waals surface area (Å²) < 4.78 is 29.2. The van der Waals surface area contributed by atoms with E-state index in [-0.39, 0.29) is 10.9 Å². The minimum atomic E-state index is -4.00. The summed E-state index contributed by atoms with van der Waals surface area (Å²) in [6, 6.07) is 1.59. The minimum Gasteiger partial charge on any atom is -0.307 e. The third-order valence-corrected chi connectivity index (χ3v) is 7.06. The van der Waals surface area contributed by atoms with Gasteiger partial charge in [-0.15, -0.1) is 0 Å². The molecule has 0 atom stereocenters. The highest BCUT2D eigenvalue weighted by Gasteiger charge is 2.27. The fraction of sp³-hybridized carbons (Fsp3) is 0.500. The van der Waals surface area contributed by atoms with E-state index in [2.05, 4.69) is 21.2 Å². The number of sulfonamides is 1. The Kier molecular flexibility index (Phi) is 4.69. The minimum absolute atomic E-state index is 0.0277. The number of aromatic nitrogens is 2. The molecule has 2 aromatic rings. The van der Waals surface area contributed by atoms with E-state index in [0.717, 1.165) is 55.3 Å². The summed E-state index contributed by atoms with van der Waals surface area (Å²) in [5.74, 6) is 0. The van der Waals surface area contributed by atoms with Gasteiger partial charge in [0.2, 0.25) is 0 Å². The number of urea groups is 1. The molecule has 150 valence electrons. The molecule has 0 saturated carbocycles. The van der Waals surface area contributed by atoms with Gasteiger partial charge in [0.05, 0.1) is 5.69 Å². The van der Waals surface area contributed by atoms with Gasteiger partial charge in [0, 0.05) is 17.9 Å². The average molecular weight is 403 g/mol. The molecule has 4 rings (SSSR count). The molecule has 0 bridgehead atoms. The molecular formula is C20H26N4O3S. The summed E-state index contributed by atoms with van der Waals surface area (Å²) >= 11 is 0. The first-order valence-electron chi connectivity index (χ1n) is 9.82. The quantitative estimate of drug-likeness (QED) is 0.821. The monoisotopic (exact) mass is 402 g/mol. The number of amides is 2. The normalized spacial score (nSPS) is 15.6. The summed E-state index contributed by atoms with van der Waals surface area (Å²) in [5.41, 5.74) is 6.09. The van der Waals surface area contributed by atoms with Gasteiger partial charge in [0.25, 0.3) is 10.0 Å². The first-order valence-corrected chi connectivity index (χ1v) is 11.3. The van der Waals surface area contributed by atoms with Gasteiger partial charge in [0.1, 0.15) is 4.90 Å². The number of benzene rings is 1. The number of nitrogens with one attached hydrogen (secondary N) is 2. The number of aryl methyl sites for hydroxylation is 3. The van der Waals surface area contributed by atoms with E-state index in [1.54, 1.807) is 11.6 Å². The molecule has 7 nitrogen and oxygen atoms in total. The van der Waals surface area contributed by atoms with Gasteiger partial charge in [-0.2, -0.15) is 5.10 Å². The molecule has 2 N–H and O–H groups in total. The lowest BCUT2D eigenvalue weighted by molar-refractivity contribution is 0.256. The molecule has 0 spiro atoms. The fourth-order valence-corrected chi connectivity index (χ4v) is 5.36. The Labute approximate surface area is 165 Å². The highest BCUT2D eigenvalue weighted by atomic mass is 32.2. The smallest absolute Gasteiger partial charge is 0.307 e. The first kappa shape index (κ1) is 19.0. The maximum Gasteiger partial charge on any atom is 0.333 e. The van der Waals surface area contributed by atoms with Gasteiger partial charge in [-0.25, -0.2) is 17.9 Å². The molecule has 0 saturated heterocycles. The molecule has 0 fully saturated rings. The van der Waals surface area contributed by atoms with E-state index >= 15 is 0 Å². The Morgan fingerprint density at radius 1 is 1.11 bits per heavy atom. The van der Waals surface area contributed by atoms with Crippen LogP contribution in [0.25, 0.3) is 0 Å². The molecule has 2 aliphatic rings. The zero-order valence-electron chi connectivity index (χ0n) is 16.5. The highest BCUT2D eigenvalue weighted by Crippen LogP contribution is 2.38. The van der Waals surface area contributed by atoms with Crippen LogP contribution in [0.2, 0.25) is 0 Å². The van der Waals surface area contributed by atoms with Crippen LogP contribution >= 0.6 is 0 Å². The summed E-state index contributed by atoms with van der Waals surface area (Å²) in [6.07, 6.45) is 7.49. The van der Waals surface area contributed by atoms with Crippen molar-refractivity contribution in [2.45, 2.75) is 70.2 Å². The zero-order valence-corrected chi connectivity index (χ0v) is 17.3. The van der Waals surface area contributed by atoms with Gasteiger partial charge in [0.15, 0.2) is 0 Å². The van der Waals surface area contributed by atoms with Gasteiger partial charge in [-0.3, -0.25) is 4.68 Å². The second-order valence-corrected chi connectivity index (χ2v) is 9.60. The molecule has 0 unspecified atom stereocenters. The summed E-state index contributed by atoms with van der Waals surface area (Å²) in [6.45, 7) is 5.46. The van der Waals surface area contributed by atoms with Crippen molar-refractivity contribution in [2.75, 3.05) is 5.32 Å². The standard InChI is InChI=1S/C20H26N4O3S/c1-12(2)24-11-18(13(3)22-24)28(26,27)23-20(25)21-19-16-8-4-6-14(16)10-15-7-5-9-17(15)19/h10-12H,4-9H2,1-3H3,(H2,21,23,25). The molecule has 8 heteroatoms. The largest absolute Gasteiger partial charge is 0.333 e.